The number of nitrogens with one attached hydrogen (secondary N) is 2. The number of carbonyl (C=O) groups is 1. The van der Waals surface area contributed by atoms with Crippen LogP contribution in [0.2, 0.25) is 0 Å². The summed E-state index contributed by atoms with van der Waals surface area (Å²) in [5.41, 5.74) is 4.58. The first-order valence-electron chi connectivity index (χ1n) is 14.0. The first-order chi connectivity index (χ1) is 20.3. The summed E-state index contributed by atoms with van der Waals surface area (Å²) in [6.45, 7) is 3.19. The summed E-state index contributed by atoms with van der Waals surface area (Å²) in [5.74, 6) is 1.97. The number of carbonyl (C=O) groups excluding carboxylic acids is 1. The summed E-state index contributed by atoms with van der Waals surface area (Å²) in [4.78, 5) is 22.0. The van der Waals surface area contributed by atoms with E-state index in [1.54, 1.807) is 45.7 Å². The van der Waals surface area contributed by atoms with Crippen LogP contribution in [0.3, 0.4) is 0 Å². The number of ether oxygens (including phenoxy) is 3. The molecule has 0 saturated carbocycles. The molecule has 0 radical (unpaired) electrons. The van der Waals surface area contributed by atoms with Crippen LogP contribution in [0.15, 0.2) is 72.9 Å². The third-order valence-electron chi connectivity index (χ3n) is 7.14. The lowest BCUT2D eigenvalue weighted by Gasteiger charge is -2.25. The minimum atomic E-state index is -0.196. The van der Waals surface area contributed by atoms with E-state index >= 15 is 0 Å². The molecule has 0 fully saturated rings. The molecule has 42 heavy (non-hydrogen) atoms. The maximum absolute atomic E-state index is 13.6. The third kappa shape index (κ3) is 7.75. The second-order valence-corrected chi connectivity index (χ2v) is 10.4. The van der Waals surface area contributed by atoms with Gasteiger partial charge in [0.15, 0.2) is 0 Å². The monoisotopic (exact) mass is 571 g/mol. The number of nitrogens with zero attached hydrogens (tertiary/aromatic N) is 3. The molecule has 9 nitrogen and oxygen atoms in total. The van der Waals surface area contributed by atoms with Gasteiger partial charge < -0.3 is 34.6 Å². The summed E-state index contributed by atoms with van der Waals surface area (Å²) in [6.07, 6.45) is 3.44. The van der Waals surface area contributed by atoms with Crippen LogP contribution >= 0.6 is 0 Å². The normalized spacial score (nSPS) is 11.5. The highest BCUT2D eigenvalue weighted by molar-refractivity contribution is 5.92. The Kier molecular flexibility index (Phi) is 10.3. The summed E-state index contributed by atoms with van der Waals surface area (Å²) >= 11 is 0. The van der Waals surface area contributed by atoms with Gasteiger partial charge in [-0.25, -0.2) is 4.79 Å². The van der Waals surface area contributed by atoms with Gasteiger partial charge in [0.2, 0.25) is 0 Å². The maximum atomic E-state index is 13.6. The second kappa shape index (κ2) is 14.3. The Labute approximate surface area is 248 Å². The Morgan fingerprint density at radius 2 is 1.67 bits per heavy atom. The van der Waals surface area contributed by atoms with Gasteiger partial charge >= 0.3 is 6.03 Å². The highest BCUT2D eigenvalue weighted by Crippen LogP contribution is 2.30. The molecule has 9 heteroatoms. The molecule has 0 spiro atoms. The summed E-state index contributed by atoms with van der Waals surface area (Å²) < 4.78 is 16.3. The Morgan fingerprint density at radius 1 is 0.905 bits per heavy atom. The largest absolute Gasteiger partial charge is 0.497 e. The molecule has 1 unspecified atom stereocenters. The van der Waals surface area contributed by atoms with E-state index in [2.05, 4.69) is 51.7 Å². The smallest absolute Gasteiger partial charge is 0.322 e. The standard InChI is InChI=1S/C33H41N5O4/c1-23(35-30-20-28(41-5)19-25-10-7-17-34-32(25)30)9-8-18-38(22-24-11-13-26(14-12-24)37(2)3)33(39)36-29-16-15-27(40-4)21-31(29)42-6/h7,10-17,19-21,23,35H,8-9,18,22H2,1-6H3,(H,36,39). The average molecular weight is 572 g/mol. The van der Waals surface area contributed by atoms with Crippen LogP contribution in [0.25, 0.3) is 10.9 Å². The topological polar surface area (TPSA) is 88.2 Å². The fraction of sp³-hybridized carbons (Fsp3) is 0.333. The highest BCUT2D eigenvalue weighted by Gasteiger charge is 2.18. The highest BCUT2D eigenvalue weighted by atomic mass is 16.5. The van der Waals surface area contributed by atoms with Crippen molar-refractivity contribution in [3.63, 3.8) is 0 Å². The molecule has 4 aromatic rings. The number of fused-ring (bicyclic) bond motifs is 1. The number of anilines is 3. The lowest BCUT2D eigenvalue weighted by Crippen LogP contribution is -2.36. The SMILES string of the molecule is COc1ccc(NC(=O)N(CCCC(C)Nc2cc(OC)cc3cccnc23)Cc2ccc(N(C)C)cc2)c(OC)c1. The lowest BCUT2D eigenvalue weighted by molar-refractivity contribution is 0.207. The lowest BCUT2D eigenvalue weighted by atomic mass is 10.1. The molecular formula is C33H41N5O4. The van der Waals surface area contributed by atoms with E-state index in [9.17, 15) is 4.79 Å². The zero-order chi connectivity index (χ0) is 30.1. The molecular weight excluding hydrogens is 530 g/mol. The van der Waals surface area contributed by atoms with Crippen molar-refractivity contribution in [2.24, 2.45) is 0 Å². The number of hydrogen-bond donors (Lipinski definition) is 2. The average Bonchev–Trinajstić information content (AvgIpc) is 3.00. The van der Waals surface area contributed by atoms with Gasteiger partial charge in [0.25, 0.3) is 0 Å². The maximum Gasteiger partial charge on any atom is 0.322 e. The number of pyridine rings is 1. The van der Waals surface area contributed by atoms with Gasteiger partial charge in [0, 0.05) is 62.6 Å². The molecule has 222 valence electrons. The number of hydrogen-bond acceptors (Lipinski definition) is 7. The number of methoxy groups -OCH3 is 3. The van der Waals surface area contributed by atoms with E-state index < -0.39 is 0 Å². The molecule has 3 aromatic carbocycles. The van der Waals surface area contributed by atoms with Crippen LogP contribution in [0.1, 0.15) is 25.3 Å². The van der Waals surface area contributed by atoms with Crippen molar-refractivity contribution in [2.75, 3.05) is 57.5 Å². The zero-order valence-electron chi connectivity index (χ0n) is 25.3. The molecule has 0 aliphatic heterocycles. The number of aromatic nitrogens is 1. The van der Waals surface area contributed by atoms with Crippen LogP contribution in [-0.4, -0.2) is 63.9 Å². The van der Waals surface area contributed by atoms with Crippen LogP contribution in [0, 0.1) is 0 Å². The van der Waals surface area contributed by atoms with Crippen LogP contribution < -0.4 is 29.7 Å². The Balaban J connectivity index is 1.46. The van der Waals surface area contributed by atoms with Crippen molar-refractivity contribution in [3.8, 4) is 17.2 Å². The Hall–Kier alpha value is -4.66. The molecule has 0 aliphatic carbocycles. The second-order valence-electron chi connectivity index (χ2n) is 10.4. The van der Waals surface area contributed by atoms with Crippen molar-refractivity contribution in [2.45, 2.75) is 32.4 Å². The first kappa shape index (κ1) is 30.3. The minimum absolute atomic E-state index is 0.147. The van der Waals surface area contributed by atoms with E-state index in [0.717, 1.165) is 46.4 Å². The number of rotatable bonds is 13. The van der Waals surface area contributed by atoms with E-state index in [1.807, 2.05) is 43.3 Å². The van der Waals surface area contributed by atoms with Gasteiger partial charge in [-0.05, 0) is 61.7 Å². The molecule has 2 N–H and O–H groups in total. The van der Waals surface area contributed by atoms with Crippen molar-refractivity contribution in [1.29, 1.82) is 0 Å². The number of benzene rings is 3. The van der Waals surface area contributed by atoms with Crippen molar-refractivity contribution in [1.82, 2.24) is 9.88 Å². The molecule has 1 atom stereocenters. The van der Waals surface area contributed by atoms with Gasteiger partial charge in [0.1, 0.15) is 17.2 Å². The van der Waals surface area contributed by atoms with Crippen molar-refractivity contribution in [3.05, 3.63) is 78.5 Å². The Morgan fingerprint density at radius 3 is 2.36 bits per heavy atom. The molecule has 0 saturated heterocycles. The fourth-order valence-corrected chi connectivity index (χ4v) is 4.79. The molecule has 0 bridgehead atoms. The molecule has 2 amide bonds. The zero-order valence-corrected chi connectivity index (χ0v) is 25.3. The van der Waals surface area contributed by atoms with Gasteiger partial charge in [0.05, 0.1) is 38.2 Å². The Bertz CT molecular complexity index is 1480. The number of urea groups is 1. The quantitative estimate of drug-likeness (QED) is 0.186. The minimum Gasteiger partial charge on any atom is -0.497 e. The van der Waals surface area contributed by atoms with E-state index in [0.29, 0.717) is 30.3 Å². The van der Waals surface area contributed by atoms with Gasteiger partial charge in [-0.1, -0.05) is 18.2 Å². The van der Waals surface area contributed by atoms with E-state index in [4.69, 9.17) is 14.2 Å². The van der Waals surface area contributed by atoms with Crippen molar-refractivity contribution < 1.29 is 19.0 Å². The first-order valence-corrected chi connectivity index (χ1v) is 14.0. The van der Waals surface area contributed by atoms with E-state index in [1.165, 1.54) is 0 Å². The number of amides is 2. The van der Waals surface area contributed by atoms with Gasteiger partial charge in [-0.2, -0.15) is 0 Å². The third-order valence-corrected chi connectivity index (χ3v) is 7.14. The van der Waals surface area contributed by atoms with Crippen LogP contribution in [0.4, 0.5) is 21.9 Å². The fourth-order valence-electron chi connectivity index (χ4n) is 4.79. The van der Waals surface area contributed by atoms with Crippen LogP contribution in [0.5, 0.6) is 17.2 Å². The summed E-state index contributed by atoms with van der Waals surface area (Å²) in [6, 6.07) is 21.5. The molecule has 0 aliphatic rings. The molecule has 1 heterocycles. The van der Waals surface area contributed by atoms with Gasteiger partial charge in [-0.3, -0.25) is 4.98 Å². The summed E-state index contributed by atoms with van der Waals surface area (Å²) in [7, 11) is 8.86. The summed E-state index contributed by atoms with van der Waals surface area (Å²) in [5, 5.41) is 7.65. The van der Waals surface area contributed by atoms with Crippen molar-refractivity contribution >= 4 is 34.0 Å². The van der Waals surface area contributed by atoms with Crippen LogP contribution in [-0.2, 0) is 6.54 Å². The van der Waals surface area contributed by atoms with E-state index in [-0.39, 0.29) is 12.1 Å². The molecule has 1 aromatic heterocycles. The van der Waals surface area contributed by atoms with Gasteiger partial charge in [-0.15, -0.1) is 0 Å². The molecule has 4 rings (SSSR count). The predicted molar refractivity (Wildman–Crippen MR) is 170 cm³/mol. The predicted octanol–water partition coefficient (Wildman–Crippen LogP) is 6.64.